The number of aliphatic hydroxyl groups is 4. The van der Waals surface area contributed by atoms with Crippen LogP contribution in [0.15, 0.2) is 0 Å². The molecule has 0 aromatic rings. The largest absolute Gasteiger partial charge is 0.393 e. The van der Waals surface area contributed by atoms with Crippen LogP contribution >= 0.6 is 0 Å². The molecule has 29 heavy (non-hydrogen) atoms. The third kappa shape index (κ3) is 33.4. The monoisotopic (exact) mass is 506 g/mol. The molecule has 0 bridgehead atoms. The SMILES string of the molecule is COC(C)(C)CO.COC(C)(C)CO.COC(C)(C)CO.COC(C)(C)CO.[Zr]. The summed E-state index contributed by atoms with van der Waals surface area (Å²) < 4.78 is 19.3. The van der Waals surface area contributed by atoms with Gasteiger partial charge in [0.15, 0.2) is 0 Å². The van der Waals surface area contributed by atoms with Crippen molar-refractivity contribution in [1.82, 2.24) is 0 Å². The average molecular weight is 508 g/mol. The van der Waals surface area contributed by atoms with Crippen molar-refractivity contribution in [3.8, 4) is 0 Å². The standard InChI is InChI=1S/4C5H12O2.Zr/c4*1-5(2,4-6)7-3;/h4*6H,4H2,1-3H3;. The van der Waals surface area contributed by atoms with Crippen LogP contribution in [0.3, 0.4) is 0 Å². The summed E-state index contributed by atoms with van der Waals surface area (Å²) in [5.41, 5.74) is -1.44. The van der Waals surface area contributed by atoms with E-state index in [-0.39, 0.29) is 75.0 Å². The first-order valence-electron chi connectivity index (χ1n) is 9.13. The van der Waals surface area contributed by atoms with Crippen LogP contribution in [0.1, 0.15) is 55.4 Å². The maximum atomic E-state index is 8.47. The molecule has 180 valence electrons. The maximum absolute atomic E-state index is 8.47. The summed E-state index contributed by atoms with van der Waals surface area (Å²) in [4.78, 5) is 0. The van der Waals surface area contributed by atoms with Gasteiger partial charge in [-0.25, -0.2) is 0 Å². The number of methoxy groups -OCH3 is 4. The summed E-state index contributed by atoms with van der Waals surface area (Å²) in [7, 11) is 6.32. The fourth-order valence-corrected chi connectivity index (χ4v) is 0.258. The zero-order valence-electron chi connectivity index (χ0n) is 20.8. The maximum Gasteiger partial charge on any atom is 0.0852 e. The number of rotatable bonds is 8. The summed E-state index contributed by atoms with van der Waals surface area (Å²) in [6, 6.07) is 0. The van der Waals surface area contributed by atoms with E-state index in [4.69, 9.17) is 39.4 Å². The van der Waals surface area contributed by atoms with Crippen molar-refractivity contribution < 1.29 is 65.6 Å². The Kier molecular flexibility index (Phi) is 28.2. The van der Waals surface area contributed by atoms with Gasteiger partial charge in [-0.3, -0.25) is 0 Å². The Morgan fingerprint density at radius 3 is 0.517 bits per heavy atom. The first kappa shape index (κ1) is 40.0. The number of aliphatic hydroxyl groups excluding tert-OH is 4. The molecule has 0 saturated carbocycles. The molecular weight excluding hydrogens is 459 g/mol. The van der Waals surface area contributed by atoms with Crippen LogP contribution in [0.4, 0.5) is 0 Å². The summed E-state index contributed by atoms with van der Waals surface area (Å²) in [6.07, 6.45) is 0. The molecule has 9 heteroatoms. The van der Waals surface area contributed by atoms with Crippen molar-refractivity contribution in [2.75, 3.05) is 54.9 Å². The van der Waals surface area contributed by atoms with Crippen LogP contribution in [0.25, 0.3) is 0 Å². The van der Waals surface area contributed by atoms with Crippen molar-refractivity contribution >= 4 is 0 Å². The van der Waals surface area contributed by atoms with E-state index in [2.05, 4.69) is 0 Å². The van der Waals surface area contributed by atoms with Gasteiger partial charge in [-0.1, -0.05) is 0 Å². The number of ether oxygens (including phenoxy) is 4. The molecule has 0 aromatic heterocycles. The van der Waals surface area contributed by atoms with Gasteiger partial charge in [0.05, 0.1) is 48.8 Å². The normalized spacial score (nSPS) is 11.6. The molecule has 8 nitrogen and oxygen atoms in total. The van der Waals surface area contributed by atoms with Crippen LogP contribution in [-0.4, -0.2) is 97.7 Å². The van der Waals surface area contributed by atoms with Gasteiger partial charge >= 0.3 is 0 Å². The Hall–Kier alpha value is 0.563. The molecular formula is C20H48O8Zr. The average Bonchev–Trinajstić information content (AvgIpc) is 2.69. The van der Waals surface area contributed by atoms with Crippen LogP contribution in [-0.2, 0) is 45.2 Å². The molecule has 0 rings (SSSR count). The molecule has 0 aliphatic rings. The van der Waals surface area contributed by atoms with Crippen LogP contribution < -0.4 is 0 Å². The van der Waals surface area contributed by atoms with Gasteiger partial charge in [0.1, 0.15) is 0 Å². The molecule has 0 unspecified atom stereocenters. The summed E-state index contributed by atoms with van der Waals surface area (Å²) in [5, 5.41) is 33.9. The first-order valence-corrected chi connectivity index (χ1v) is 9.13. The summed E-state index contributed by atoms with van der Waals surface area (Å²) in [5.74, 6) is 0. The molecule has 0 atom stereocenters. The van der Waals surface area contributed by atoms with Crippen LogP contribution in [0.5, 0.6) is 0 Å². The molecule has 4 N–H and O–H groups in total. The topological polar surface area (TPSA) is 118 Å². The predicted molar refractivity (Wildman–Crippen MR) is 113 cm³/mol. The minimum absolute atomic E-state index is 0. The Morgan fingerprint density at radius 2 is 0.517 bits per heavy atom. The van der Waals surface area contributed by atoms with E-state index >= 15 is 0 Å². The van der Waals surface area contributed by atoms with E-state index in [1.165, 1.54) is 0 Å². The van der Waals surface area contributed by atoms with Crippen LogP contribution in [0, 0.1) is 0 Å². The van der Waals surface area contributed by atoms with E-state index in [0.717, 1.165) is 0 Å². The van der Waals surface area contributed by atoms with E-state index in [1.807, 2.05) is 55.4 Å². The Balaban J connectivity index is -0.0000000873. The zero-order valence-corrected chi connectivity index (χ0v) is 23.2. The Bertz CT molecular complexity index is 246. The minimum Gasteiger partial charge on any atom is -0.393 e. The third-order valence-corrected chi connectivity index (χ3v) is 3.73. The Labute approximate surface area is 198 Å². The zero-order chi connectivity index (χ0) is 23.7. The van der Waals surface area contributed by atoms with Crippen molar-refractivity contribution in [1.29, 1.82) is 0 Å². The van der Waals surface area contributed by atoms with E-state index in [1.54, 1.807) is 28.4 Å². The van der Waals surface area contributed by atoms with Gasteiger partial charge in [-0.2, -0.15) is 0 Å². The number of hydrogen-bond acceptors (Lipinski definition) is 8. The van der Waals surface area contributed by atoms with E-state index < -0.39 is 0 Å². The molecule has 0 aromatic carbocycles. The predicted octanol–water partition coefficient (Wildman–Crippen LogP) is 1.61. The molecule has 0 fully saturated rings. The molecule has 0 spiro atoms. The van der Waals surface area contributed by atoms with E-state index in [9.17, 15) is 0 Å². The quantitative estimate of drug-likeness (QED) is 0.391. The fraction of sp³-hybridized carbons (Fsp3) is 1.00. The van der Waals surface area contributed by atoms with Gasteiger partial charge in [-0.05, 0) is 55.4 Å². The fourth-order valence-electron chi connectivity index (χ4n) is 0.258. The molecule has 0 aliphatic heterocycles. The van der Waals surface area contributed by atoms with Gasteiger partial charge < -0.3 is 39.4 Å². The summed E-state index contributed by atoms with van der Waals surface area (Å²) in [6.45, 7) is 14.9. The first-order chi connectivity index (χ1) is 12.5. The van der Waals surface area contributed by atoms with Crippen molar-refractivity contribution in [3.05, 3.63) is 0 Å². The van der Waals surface area contributed by atoms with Crippen molar-refractivity contribution in [2.24, 2.45) is 0 Å². The molecule has 0 radical (unpaired) electrons. The minimum atomic E-state index is -0.361. The number of hydrogen-bond donors (Lipinski definition) is 4. The van der Waals surface area contributed by atoms with Crippen molar-refractivity contribution in [2.45, 2.75) is 77.8 Å². The molecule has 0 aliphatic carbocycles. The summed E-state index contributed by atoms with van der Waals surface area (Å²) >= 11 is 0. The Morgan fingerprint density at radius 1 is 0.414 bits per heavy atom. The smallest absolute Gasteiger partial charge is 0.0852 e. The second kappa shape index (κ2) is 20.5. The molecule has 0 amide bonds. The van der Waals surface area contributed by atoms with Gasteiger partial charge in [0.25, 0.3) is 0 Å². The third-order valence-electron chi connectivity index (χ3n) is 3.73. The van der Waals surface area contributed by atoms with Gasteiger partial charge in [0.2, 0.25) is 0 Å². The molecule has 0 saturated heterocycles. The van der Waals surface area contributed by atoms with Crippen LogP contribution in [0.2, 0.25) is 0 Å². The second-order valence-electron chi connectivity index (χ2n) is 8.49. The van der Waals surface area contributed by atoms with Gasteiger partial charge in [0, 0.05) is 54.6 Å². The van der Waals surface area contributed by atoms with Gasteiger partial charge in [-0.15, -0.1) is 0 Å². The molecule has 0 heterocycles. The second-order valence-corrected chi connectivity index (χ2v) is 8.49. The van der Waals surface area contributed by atoms with Crippen molar-refractivity contribution in [3.63, 3.8) is 0 Å². The van der Waals surface area contributed by atoms with E-state index in [0.29, 0.717) is 0 Å².